The number of nitrogens with one attached hydrogen (secondary N) is 1. The molecule has 0 unspecified atom stereocenters. The molecule has 0 aliphatic rings. The monoisotopic (exact) mass is 319 g/mol. The lowest BCUT2D eigenvalue weighted by Gasteiger charge is -2.10. The summed E-state index contributed by atoms with van der Waals surface area (Å²) < 4.78 is 34.2. The van der Waals surface area contributed by atoms with E-state index in [-0.39, 0.29) is 11.4 Å². The molecule has 0 saturated heterocycles. The molecule has 0 heterocycles. The maximum atomic E-state index is 12.3. The molecule has 0 aromatic heterocycles. The number of hydrogen-bond donors (Lipinski definition) is 1. The van der Waals surface area contributed by atoms with E-state index in [1.807, 2.05) is 12.1 Å². The van der Waals surface area contributed by atoms with Gasteiger partial charge in [0.1, 0.15) is 11.5 Å². The maximum Gasteiger partial charge on any atom is 0.387 e. The van der Waals surface area contributed by atoms with Crippen LogP contribution in [0, 0.1) is 0 Å². The SMILES string of the molecule is COc1ccccc1/C=C/C(=O)Nc1ccccc1OC(F)F. The van der Waals surface area contributed by atoms with E-state index in [1.54, 1.807) is 24.3 Å². The van der Waals surface area contributed by atoms with E-state index >= 15 is 0 Å². The predicted molar refractivity (Wildman–Crippen MR) is 83.7 cm³/mol. The zero-order chi connectivity index (χ0) is 16.7. The molecule has 0 radical (unpaired) electrons. The Bertz CT molecular complexity index is 702. The Labute approximate surface area is 132 Å². The van der Waals surface area contributed by atoms with Crippen molar-refractivity contribution in [3.8, 4) is 11.5 Å². The highest BCUT2D eigenvalue weighted by molar-refractivity contribution is 6.02. The van der Waals surface area contributed by atoms with Crippen molar-refractivity contribution < 1.29 is 23.0 Å². The Balaban J connectivity index is 2.09. The summed E-state index contributed by atoms with van der Waals surface area (Å²) in [5, 5.41) is 2.50. The van der Waals surface area contributed by atoms with Crippen LogP contribution < -0.4 is 14.8 Å². The number of rotatable bonds is 6. The van der Waals surface area contributed by atoms with Gasteiger partial charge in [0.05, 0.1) is 12.8 Å². The molecule has 2 aromatic carbocycles. The minimum atomic E-state index is -2.96. The van der Waals surface area contributed by atoms with Crippen LogP contribution in [0.25, 0.3) is 6.08 Å². The van der Waals surface area contributed by atoms with Gasteiger partial charge in [-0.05, 0) is 24.3 Å². The standard InChI is InChI=1S/C17H15F2NO3/c1-22-14-8-4-2-6-12(14)10-11-16(21)20-13-7-3-5-9-15(13)23-17(18)19/h2-11,17H,1H3,(H,20,21)/b11-10+. The molecule has 6 heteroatoms. The van der Waals surface area contributed by atoms with E-state index in [9.17, 15) is 13.6 Å². The van der Waals surface area contributed by atoms with Crippen LogP contribution in [0.5, 0.6) is 11.5 Å². The van der Waals surface area contributed by atoms with Crippen molar-refractivity contribution in [3.63, 3.8) is 0 Å². The zero-order valence-corrected chi connectivity index (χ0v) is 12.3. The van der Waals surface area contributed by atoms with Gasteiger partial charge in [-0.2, -0.15) is 8.78 Å². The van der Waals surface area contributed by atoms with Crippen LogP contribution in [0.2, 0.25) is 0 Å². The largest absolute Gasteiger partial charge is 0.496 e. The minimum absolute atomic E-state index is 0.0958. The average Bonchev–Trinajstić information content (AvgIpc) is 2.54. The van der Waals surface area contributed by atoms with E-state index in [0.717, 1.165) is 5.56 Å². The fourth-order valence-corrected chi connectivity index (χ4v) is 1.91. The zero-order valence-electron chi connectivity index (χ0n) is 12.3. The number of benzene rings is 2. The van der Waals surface area contributed by atoms with Crippen molar-refractivity contribution in [2.45, 2.75) is 6.61 Å². The number of halogens is 2. The van der Waals surface area contributed by atoms with Gasteiger partial charge in [0.25, 0.3) is 0 Å². The highest BCUT2D eigenvalue weighted by Gasteiger charge is 2.10. The molecule has 0 aliphatic heterocycles. The molecule has 0 bridgehead atoms. The fraction of sp³-hybridized carbons (Fsp3) is 0.118. The van der Waals surface area contributed by atoms with Gasteiger partial charge < -0.3 is 14.8 Å². The highest BCUT2D eigenvalue weighted by Crippen LogP contribution is 2.25. The molecule has 2 aromatic rings. The normalized spacial score (nSPS) is 10.8. The third-order valence-corrected chi connectivity index (χ3v) is 2.91. The number of alkyl halides is 2. The molecule has 0 spiro atoms. The van der Waals surface area contributed by atoms with Crippen molar-refractivity contribution >= 4 is 17.7 Å². The third kappa shape index (κ3) is 4.81. The predicted octanol–water partition coefficient (Wildman–Crippen LogP) is 3.95. The van der Waals surface area contributed by atoms with Crippen LogP contribution in [-0.2, 0) is 4.79 Å². The van der Waals surface area contributed by atoms with Gasteiger partial charge in [0.2, 0.25) is 5.91 Å². The summed E-state index contributed by atoms with van der Waals surface area (Å²) in [6.07, 6.45) is 2.86. The summed E-state index contributed by atoms with van der Waals surface area (Å²) in [4.78, 5) is 11.9. The Kier molecular flexibility index (Phi) is 5.68. The summed E-state index contributed by atoms with van der Waals surface area (Å²) in [5.41, 5.74) is 0.893. The smallest absolute Gasteiger partial charge is 0.387 e. The Hall–Kier alpha value is -2.89. The molecule has 4 nitrogen and oxygen atoms in total. The van der Waals surface area contributed by atoms with E-state index in [4.69, 9.17) is 4.74 Å². The van der Waals surface area contributed by atoms with Crippen LogP contribution in [0.4, 0.5) is 14.5 Å². The molecule has 0 atom stereocenters. The first-order valence-electron chi connectivity index (χ1n) is 6.76. The Morgan fingerprint density at radius 3 is 2.43 bits per heavy atom. The van der Waals surface area contributed by atoms with Crippen molar-refractivity contribution in [1.29, 1.82) is 0 Å². The third-order valence-electron chi connectivity index (χ3n) is 2.91. The fourth-order valence-electron chi connectivity index (χ4n) is 1.91. The highest BCUT2D eigenvalue weighted by atomic mass is 19.3. The lowest BCUT2D eigenvalue weighted by atomic mass is 10.2. The van der Waals surface area contributed by atoms with Crippen LogP contribution in [0.3, 0.4) is 0 Å². The van der Waals surface area contributed by atoms with E-state index in [2.05, 4.69) is 10.1 Å². The van der Waals surface area contributed by atoms with Gasteiger partial charge in [-0.1, -0.05) is 30.3 Å². The number of para-hydroxylation sites is 3. The van der Waals surface area contributed by atoms with Crippen molar-refractivity contribution in [2.75, 3.05) is 12.4 Å². The van der Waals surface area contributed by atoms with E-state index < -0.39 is 12.5 Å². The topological polar surface area (TPSA) is 47.6 Å². The number of ether oxygens (including phenoxy) is 2. The molecule has 0 aliphatic carbocycles. The molecular weight excluding hydrogens is 304 g/mol. The second-order valence-electron chi connectivity index (χ2n) is 4.44. The maximum absolute atomic E-state index is 12.3. The summed E-state index contributed by atoms with van der Waals surface area (Å²) in [7, 11) is 1.53. The van der Waals surface area contributed by atoms with Gasteiger partial charge >= 0.3 is 6.61 Å². The van der Waals surface area contributed by atoms with Gasteiger partial charge in [0, 0.05) is 11.6 Å². The molecule has 2 rings (SSSR count). The second kappa shape index (κ2) is 7.93. The number of amides is 1. The van der Waals surface area contributed by atoms with Crippen LogP contribution in [0.1, 0.15) is 5.56 Å². The summed E-state index contributed by atoms with van der Waals surface area (Å²) in [6.45, 7) is -2.96. The quantitative estimate of drug-likeness (QED) is 0.820. The van der Waals surface area contributed by atoms with E-state index in [0.29, 0.717) is 5.75 Å². The molecule has 1 N–H and O–H groups in total. The first-order chi connectivity index (χ1) is 11.1. The number of carbonyl (C=O) groups excluding carboxylic acids is 1. The lowest BCUT2D eigenvalue weighted by Crippen LogP contribution is -2.11. The number of methoxy groups -OCH3 is 1. The molecule has 0 fully saturated rings. The van der Waals surface area contributed by atoms with Gasteiger partial charge in [-0.15, -0.1) is 0 Å². The molecule has 1 amide bonds. The first kappa shape index (κ1) is 16.5. The Morgan fingerprint density at radius 2 is 1.74 bits per heavy atom. The summed E-state index contributed by atoms with van der Waals surface area (Å²) in [5.74, 6) is 0.0562. The summed E-state index contributed by atoms with van der Waals surface area (Å²) in [6, 6.07) is 13.2. The number of anilines is 1. The molecule has 0 saturated carbocycles. The van der Waals surface area contributed by atoms with Crippen LogP contribution in [0.15, 0.2) is 54.6 Å². The average molecular weight is 319 g/mol. The molecule has 23 heavy (non-hydrogen) atoms. The van der Waals surface area contributed by atoms with Crippen LogP contribution >= 0.6 is 0 Å². The molecular formula is C17H15F2NO3. The number of hydrogen-bond acceptors (Lipinski definition) is 3. The van der Waals surface area contributed by atoms with Crippen molar-refractivity contribution in [3.05, 3.63) is 60.2 Å². The molecule has 120 valence electrons. The van der Waals surface area contributed by atoms with Gasteiger partial charge in [0.15, 0.2) is 0 Å². The minimum Gasteiger partial charge on any atom is -0.496 e. The van der Waals surface area contributed by atoms with Gasteiger partial charge in [-0.3, -0.25) is 4.79 Å². The van der Waals surface area contributed by atoms with Crippen molar-refractivity contribution in [1.82, 2.24) is 0 Å². The van der Waals surface area contributed by atoms with Gasteiger partial charge in [-0.25, -0.2) is 0 Å². The summed E-state index contributed by atoms with van der Waals surface area (Å²) >= 11 is 0. The first-order valence-corrected chi connectivity index (χ1v) is 6.76. The number of carbonyl (C=O) groups is 1. The second-order valence-corrected chi connectivity index (χ2v) is 4.44. The van der Waals surface area contributed by atoms with Crippen molar-refractivity contribution in [2.24, 2.45) is 0 Å². The van der Waals surface area contributed by atoms with Crippen LogP contribution in [-0.4, -0.2) is 19.6 Å². The van der Waals surface area contributed by atoms with E-state index in [1.165, 1.54) is 31.4 Å². The Morgan fingerprint density at radius 1 is 1.09 bits per heavy atom. The lowest BCUT2D eigenvalue weighted by molar-refractivity contribution is -0.111.